The molecule has 4 N–H and O–H groups in total. The average Bonchev–Trinajstić information content (AvgIpc) is 3.91. The fourth-order valence-electron chi connectivity index (χ4n) is 5.89. The van der Waals surface area contributed by atoms with E-state index in [-0.39, 0.29) is 24.8 Å². The van der Waals surface area contributed by atoms with Gasteiger partial charge >= 0.3 is 0 Å². The van der Waals surface area contributed by atoms with Gasteiger partial charge in [-0.15, -0.1) is 24.8 Å². The van der Waals surface area contributed by atoms with Gasteiger partial charge in [0, 0.05) is 44.1 Å². The molecule has 0 spiro atoms. The van der Waals surface area contributed by atoms with Crippen LogP contribution in [0.2, 0.25) is 0 Å². The Bertz CT molecular complexity index is 2340. The molecule has 6 aromatic heterocycles. The van der Waals surface area contributed by atoms with Gasteiger partial charge in [-0.2, -0.15) is 0 Å². The summed E-state index contributed by atoms with van der Waals surface area (Å²) >= 11 is 0. The number of hydrogen-bond acceptors (Lipinski definition) is 4. The molecule has 0 atom stereocenters. The highest BCUT2D eigenvalue weighted by atomic mass is 35.5. The Labute approximate surface area is 299 Å². The summed E-state index contributed by atoms with van der Waals surface area (Å²) in [5, 5.41) is 0. The molecule has 0 fully saturated rings. The van der Waals surface area contributed by atoms with Gasteiger partial charge in [-0.3, -0.25) is 0 Å². The first kappa shape index (κ1) is 32.3. The number of nitrogens with zero attached hydrogens (tertiary/aromatic N) is 4. The fourth-order valence-corrected chi connectivity index (χ4v) is 5.89. The smallest absolute Gasteiger partial charge is 0.0659 e. The Balaban J connectivity index is 0.000000151. The molecule has 244 valence electrons. The maximum absolute atomic E-state index is 4.62. The predicted octanol–water partition coefficient (Wildman–Crippen LogP) is 10.2. The first-order valence-electron chi connectivity index (χ1n) is 15.7. The Morgan fingerprint density at radius 3 is 0.640 bits per heavy atom. The van der Waals surface area contributed by atoms with Crippen LogP contribution >= 0.6 is 24.8 Å². The molecule has 10 heteroatoms. The van der Waals surface area contributed by atoms with Crippen molar-refractivity contribution in [2.75, 3.05) is 0 Å². The molecule has 6 aromatic rings. The topological polar surface area (TPSA) is 115 Å². The summed E-state index contributed by atoms with van der Waals surface area (Å²) in [4.78, 5) is 32.0. The Kier molecular flexibility index (Phi) is 8.87. The molecule has 0 aromatic carbocycles. The molecule has 0 amide bonds. The Hall–Kier alpha value is -6.22. The third kappa shape index (κ3) is 7.27. The lowest BCUT2D eigenvalue weighted by Gasteiger charge is -1.86. The van der Waals surface area contributed by atoms with Crippen LogP contribution in [0.3, 0.4) is 0 Å². The highest BCUT2D eigenvalue weighted by Crippen LogP contribution is 2.19. The van der Waals surface area contributed by atoms with Crippen LogP contribution < -0.4 is 0 Å². The van der Waals surface area contributed by atoms with Crippen molar-refractivity contribution in [1.82, 2.24) is 39.9 Å². The highest BCUT2D eigenvalue weighted by Gasteiger charge is 2.04. The molecule has 0 saturated heterocycles. The Morgan fingerprint density at radius 1 is 0.240 bits per heavy atom. The fraction of sp³-hybridized carbons (Fsp3) is 0. The van der Waals surface area contributed by atoms with E-state index in [2.05, 4.69) is 101 Å². The van der Waals surface area contributed by atoms with Gasteiger partial charge < -0.3 is 19.9 Å². The van der Waals surface area contributed by atoms with Crippen molar-refractivity contribution in [2.45, 2.75) is 0 Å². The van der Waals surface area contributed by atoms with Gasteiger partial charge in [0.2, 0.25) is 0 Å². The zero-order valence-electron chi connectivity index (χ0n) is 26.5. The monoisotopic (exact) mass is 692 g/mol. The normalized spacial score (nSPS) is 12.2. The first-order valence-corrected chi connectivity index (χ1v) is 15.7. The second-order valence-corrected chi connectivity index (χ2v) is 11.8. The standard InChI is InChI=1S/2C20H14N4.2ClH/c2*1-2-14-10-16-5-6-18(23-16)12-20-8-7-19(24-20)11-17-4-3-15(22-17)9-13(1)21-14;;/h2*1-12,21-22H;2*1H. The molecule has 10 heterocycles. The maximum atomic E-state index is 4.62. The van der Waals surface area contributed by atoms with Crippen LogP contribution in [0.15, 0.2) is 97.1 Å². The van der Waals surface area contributed by atoms with E-state index < -0.39 is 0 Å². The second kappa shape index (κ2) is 13.7. The van der Waals surface area contributed by atoms with Gasteiger partial charge in [-0.1, -0.05) is 0 Å². The molecule has 0 unspecified atom stereocenters. The molecule has 50 heavy (non-hydrogen) atoms. The summed E-state index contributed by atoms with van der Waals surface area (Å²) in [6, 6.07) is 32.8. The molecular formula is C40H30Cl2N8. The van der Waals surface area contributed by atoms with Crippen molar-refractivity contribution in [3.63, 3.8) is 0 Å². The van der Waals surface area contributed by atoms with E-state index in [1.54, 1.807) is 0 Å². The zero-order valence-corrected chi connectivity index (χ0v) is 28.1. The minimum absolute atomic E-state index is 0. The summed E-state index contributed by atoms with van der Waals surface area (Å²) < 4.78 is 0. The number of fused-ring (bicyclic) bond motifs is 16. The maximum Gasteiger partial charge on any atom is 0.0659 e. The van der Waals surface area contributed by atoms with Crippen LogP contribution in [0.25, 0.3) is 92.7 Å². The lowest BCUT2D eigenvalue weighted by Crippen LogP contribution is -1.77. The predicted molar refractivity (Wildman–Crippen MR) is 212 cm³/mol. The number of H-pyrrole nitrogens is 4. The van der Waals surface area contributed by atoms with Crippen molar-refractivity contribution in [3.05, 3.63) is 143 Å². The van der Waals surface area contributed by atoms with Gasteiger partial charge in [0.25, 0.3) is 0 Å². The van der Waals surface area contributed by atoms with Crippen LogP contribution in [0, 0.1) is 0 Å². The summed E-state index contributed by atoms with van der Waals surface area (Å²) in [6.07, 6.45) is 16.1. The molecule has 16 bridgehead atoms. The van der Waals surface area contributed by atoms with Crippen molar-refractivity contribution >= 4 is 118 Å². The molecule has 4 aliphatic rings. The van der Waals surface area contributed by atoms with Crippen molar-refractivity contribution < 1.29 is 0 Å². The second-order valence-electron chi connectivity index (χ2n) is 11.8. The molecular weight excluding hydrogens is 663 g/mol. The number of hydrogen-bond donors (Lipinski definition) is 4. The lowest BCUT2D eigenvalue weighted by atomic mass is 10.3. The summed E-state index contributed by atoms with van der Waals surface area (Å²) in [7, 11) is 0. The lowest BCUT2D eigenvalue weighted by molar-refractivity contribution is 1.28. The Morgan fingerprint density at radius 2 is 0.420 bits per heavy atom. The third-order valence-electron chi connectivity index (χ3n) is 8.08. The van der Waals surface area contributed by atoms with Gasteiger partial charge in [0.1, 0.15) is 0 Å². The summed E-state index contributed by atoms with van der Waals surface area (Å²) in [6.45, 7) is 0. The quantitative estimate of drug-likeness (QED) is 0.127. The van der Waals surface area contributed by atoms with E-state index in [0.29, 0.717) is 0 Å². The van der Waals surface area contributed by atoms with Gasteiger partial charge in [0.05, 0.1) is 45.6 Å². The first-order chi connectivity index (χ1) is 23.6. The summed E-state index contributed by atoms with van der Waals surface area (Å²) in [5.74, 6) is 0. The number of aromatic nitrogens is 8. The van der Waals surface area contributed by atoms with Crippen LogP contribution in [-0.4, -0.2) is 39.9 Å². The van der Waals surface area contributed by atoms with E-state index in [1.807, 2.05) is 85.0 Å². The molecule has 0 aliphatic carbocycles. The van der Waals surface area contributed by atoms with Crippen LogP contribution in [0.1, 0.15) is 45.6 Å². The minimum atomic E-state index is 0. The molecule has 8 nitrogen and oxygen atoms in total. The number of aromatic amines is 4. The SMILES string of the molecule is C1=Cc2cc3ccc(cc4ccc(cc5nc(cc1n2)C=C5)[nH]4)[nH]3.C1=Cc2cc3ccc(cc4ccc(cc5nc(cc1n2)C=C5)[nH]4)[nH]3.Cl.Cl. The van der Waals surface area contributed by atoms with Crippen molar-refractivity contribution in [1.29, 1.82) is 0 Å². The van der Waals surface area contributed by atoms with Crippen LogP contribution in [0.4, 0.5) is 0 Å². The molecule has 0 radical (unpaired) electrons. The van der Waals surface area contributed by atoms with Crippen molar-refractivity contribution in [2.24, 2.45) is 0 Å². The van der Waals surface area contributed by atoms with Crippen LogP contribution in [-0.2, 0) is 0 Å². The summed E-state index contributed by atoms with van der Waals surface area (Å²) in [5.41, 5.74) is 15.7. The van der Waals surface area contributed by atoms with Crippen LogP contribution in [0.5, 0.6) is 0 Å². The highest BCUT2D eigenvalue weighted by molar-refractivity contribution is 5.86. The average molecular weight is 694 g/mol. The van der Waals surface area contributed by atoms with E-state index in [0.717, 1.165) is 89.7 Å². The number of nitrogens with one attached hydrogen (secondary N) is 4. The van der Waals surface area contributed by atoms with Gasteiger partial charge in [-0.25, -0.2) is 19.9 Å². The number of rotatable bonds is 0. The minimum Gasteiger partial charge on any atom is -0.355 e. The van der Waals surface area contributed by atoms with E-state index in [9.17, 15) is 0 Å². The third-order valence-corrected chi connectivity index (χ3v) is 8.08. The molecule has 10 rings (SSSR count). The van der Waals surface area contributed by atoms with E-state index in [4.69, 9.17) is 0 Å². The largest absolute Gasteiger partial charge is 0.355 e. The van der Waals surface area contributed by atoms with Gasteiger partial charge in [0.15, 0.2) is 0 Å². The van der Waals surface area contributed by atoms with Gasteiger partial charge in [-0.05, 0) is 146 Å². The molecule has 0 saturated carbocycles. The van der Waals surface area contributed by atoms with E-state index >= 15 is 0 Å². The van der Waals surface area contributed by atoms with E-state index in [1.165, 1.54) is 0 Å². The zero-order chi connectivity index (χ0) is 31.9. The molecule has 4 aliphatic heterocycles. The van der Waals surface area contributed by atoms with Crippen molar-refractivity contribution in [3.8, 4) is 0 Å². The number of halogens is 2.